The molecule has 0 radical (unpaired) electrons. The van der Waals surface area contributed by atoms with E-state index in [1.807, 2.05) is 13.0 Å². The second kappa shape index (κ2) is 5.54. The highest BCUT2D eigenvalue weighted by Gasteiger charge is 2.05. The molecule has 0 fully saturated rings. The van der Waals surface area contributed by atoms with Crippen LogP contribution in [0.25, 0.3) is 0 Å². The predicted molar refractivity (Wildman–Crippen MR) is 66.1 cm³/mol. The summed E-state index contributed by atoms with van der Waals surface area (Å²) in [6.07, 6.45) is 1.11. The molecule has 0 aliphatic rings. The van der Waals surface area contributed by atoms with Crippen molar-refractivity contribution in [2.24, 2.45) is 5.92 Å². The molecular weight excluding hydrogens is 202 g/mol. The van der Waals surface area contributed by atoms with Crippen molar-refractivity contribution in [1.82, 2.24) is 0 Å². The molecule has 0 heterocycles. The lowest BCUT2D eigenvalue weighted by molar-refractivity contribution is 0.0697. The summed E-state index contributed by atoms with van der Waals surface area (Å²) in [4.78, 5) is 10.7. The van der Waals surface area contributed by atoms with Crippen LogP contribution in [0.15, 0.2) is 18.2 Å². The molecule has 0 aliphatic heterocycles. The molecule has 0 saturated carbocycles. The molecule has 1 aromatic carbocycles. The Morgan fingerprint density at radius 1 is 1.44 bits per heavy atom. The second-order valence-electron chi connectivity index (χ2n) is 4.44. The number of aryl methyl sites for hydroxylation is 1. The average molecular weight is 221 g/mol. The van der Waals surface area contributed by atoms with Crippen LogP contribution < -0.4 is 5.32 Å². The zero-order chi connectivity index (χ0) is 12.1. The average Bonchev–Trinajstić information content (AvgIpc) is 2.19. The Morgan fingerprint density at radius 2 is 2.12 bits per heavy atom. The van der Waals surface area contributed by atoms with Gasteiger partial charge in [-0.05, 0) is 43.0 Å². The van der Waals surface area contributed by atoms with Crippen molar-refractivity contribution >= 4 is 11.7 Å². The smallest absolute Gasteiger partial charge is 0.335 e. The fraction of sp³-hybridized carbons (Fsp3) is 0.462. The van der Waals surface area contributed by atoms with Gasteiger partial charge in [-0.3, -0.25) is 0 Å². The number of aromatic carboxylic acids is 1. The van der Waals surface area contributed by atoms with Crippen molar-refractivity contribution in [3.8, 4) is 0 Å². The van der Waals surface area contributed by atoms with Crippen molar-refractivity contribution in [3.05, 3.63) is 29.3 Å². The summed E-state index contributed by atoms with van der Waals surface area (Å²) in [6.45, 7) is 7.21. The Labute approximate surface area is 96.5 Å². The van der Waals surface area contributed by atoms with Gasteiger partial charge in [0.05, 0.1) is 5.56 Å². The Hall–Kier alpha value is -1.51. The van der Waals surface area contributed by atoms with Crippen molar-refractivity contribution in [3.63, 3.8) is 0 Å². The zero-order valence-electron chi connectivity index (χ0n) is 10.1. The first kappa shape index (κ1) is 12.6. The minimum Gasteiger partial charge on any atom is -0.478 e. The summed E-state index contributed by atoms with van der Waals surface area (Å²) in [6, 6.07) is 5.16. The fourth-order valence-corrected chi connectivity index (χ4v) is 1.49. The molecule has 0 bridgehead atoms. The summed E-state index contributed by atoms with van der Waals surface area (Å²) in [5.41, 5.74) is 2.33. The lowest BCUT2D eigenvalue weighted by atomic mass is 10.1. The molecule has 16 heavy (non-hydrogen) atoms. The van der Waals surface area contributed by atoms with Crippen LogP contribution in [0, 0.1) is 12.8 Å². The highest BCUT2D eigenvalue weighted by atomic mass is 16.4. The summed E-state index contributed by atoms with van der Waals surface area (Å²) in [7, 11) is 0. The predicted octanol–water partition coefficient (Wildman–Crippen LogP) is 3.15. The normalized spacial score (nSPS) is 10.5. The van der Waals surface area contributed by atoms with Gasteiger partial charge in [0.25, 0.3) is 0 Å². The lowest BCUT2D eigenvalue weighted by Crippen LogP contribution is -2.06. The van der Waals surface area contributed by atoms with Gasteiger partial charge in [-0.1, -0.05) is 13.8 Å². The number of carboxylic acid groups (broad SMARTS) is 1. The van der Waals surface area contributed by atoms with Gasteiger partial charge in [0.15, 0.2) is 0 Å². The van der Waals surface area contributed by atoms with Crippen LogP contribution in [0.4, 0.5) is 5.69 Å². The van der Waals surface area contributed by atoms with Gasteiger partial charge in [0, 0.05) is 12.2 Å². The van der Waals surface area contributed by atoms with E-state index in [1.54, 1.807) is 12.1 Å². The van der Waals surface area contributed by atoms with Crippen LogP contribution in [0.5, 0.6) is 0 Å². The van der Waals surface area contributed by atoms with Crippen molar-refractivity contribution in [1.29, 1.82) is 0 Å². The molecule has 0 amide bonds. The van der Waals surface area contributed by atoms with Gasteiger partial charge >= 0.3 is 5.97 Å². The Morgan fingerprint density at radius 3 is 2.62 bits per heavy atom. The third-order valence-electron chi connectivity index (χ3n) is 2.51. The largest absolute Gasteiger partial charge is 0.478 e. The van der Waals surface area contributed by atoms with Gasteiger partial charge in [-0.25, -0.2) is 4.79 Å². The highest BCUT2D eigenvalue weighted by molar-refractivity contribution is 5.88. The molecule has 1 rings (SSSR count). The van der Waals surface area contributed by atoms with Crippen LogP contribution >= 0.6 is 0 Å². The van der Waals surface area contributed by atoms with Crippen LogP contribution in [-0.4, -0.2) is 17.6 Å². The Balaban J connectivity index is 2.64. The third-order valence-corrected chi connectivity index (χ3v) is 2.51. The maximum absolute atomic E-state index is 10.7. The van der Waals surface area contributed by atoms with Gasteiger partial charge < -0.3 is 10.4 Å². The molecule has 0 aromatic heterocycles. The van der Waals surface area contributed by atoms with E-state index < -0.39 is 5.97 Å². The number of anilines is 1. The van der Waals surface area contributed by atoms with Crippen LogP contribution in [0.2, 0.25) is 0 Å². The lowest BCUT2D eigenvalue weighted by Gasteiger charge is -2.11. The van der Waals surface area contributed by atoms with E-state index in [4.69, 9.17) is 5.11 Å². The van der Waals surface area contributed by atoms with Gasteiger partial charge in [0.2, 0.25) is 0 Å². The number of carboxylic acids is 1. The van der Waals surface area contributed by atoms with Gasteiger partial charge in [-0.2, -0.15) is 0 Å². The molecule has 0 unspecified atom stereocenters. The van der Waals surface area contributed by atoms with Crippen LogP contribution in [-0.2, 0) is 0 Å². The van der Waals surface area contributed by atoms with Gasteiger partial charge in [0.1, 0.15) is 0 Å². The molecule has 0 atom stereocenters. The molecule has 0 saturated heterocycles. The standard InChI is InChI=1S/C13H19NO2/c1-9(2)6-7-14-12-5-4-11(13(15)16)8-10(12)3/h4-5,8-9,14H,6-7H2,1-3H3,(H,15,16). The quantitative estimate of drug-likeness (QED) is 0.803. The van der Waals surface area contributed by atoms with Crippen LogP contribution in [0.3, 0.4) is 0 Å². The fourth-order valence-electron chi connectivity index (χ4n) is 1.49. The molecule has 1 aromatic rings. The van der Waals surface area contributed by atoms with E-state index in [2.05, 4.69) is 19.2 Å². The van der Waals surface area contributed by atoms with Crippen molar-refractivity contribution < 1.29 is 9.90 Å². The Kier molecular flexibility index (Phi) is 4.35. The summed E-state index contributed by atoms with van der Waals surface area (Å²) in [5.74, 6) is -0.206. The first-order valence-electron chi connectivity index (χ1n) is 5.58. The summed E-state index contributed by atoms with van der Waals surface area (Å²) >= 11 is 0. The minimum absolute atomic E-state index is 0.340. The van der Waals surface area contributed by atoms with E-state index in [9.17, 15) is 4.79 Å². The van der Waals surface area contributed by atoms with Crippen molar-refractivity contribution in [2.75, 3.05) is 11.9 Å². The van der Waals surface area contributed by atoms with Crippen LogP contribution in [0.1, 0.15) is 36.2 Å². The van der Waals surface area contributed by atoms with E-state index in [0.717, 1.165) is 24.2 Å². The number of rotatable bonds is 5. The molecular formula is C13H19NO2. The number of benzene rings is 1. The number of nitrogens with one attached hydrogen (secondary N) is 1. The highest BCUT2D eigenvalue weighted by Crippen LogP contribution is 2.16. The maximum Gasteiger partial charge on any atom is 0.335 e. The molecule has 3 heteroatoms. The number of hydrogen-bond donors (Lipinski definition) is 2. The SMILES string of the molecule is Cc1cc(C(=O)O)ccc1NCCC(C)C. The molecule has 0 spiro atoms. The molecule has 3 nitrogen and oxygen atoms in total. The second-order valence-corrected chi connectivity index (χ2v) is 4.44. The van der Waals surface area contributed by atoms with Gasteiger partial charge in [-0.15, -0.1) is 0 Å². The monoisotopic (exact) mass is 221 g/mol. The van der Waals surface area contributed by atoms with E-state index in [0.29, 0.717) is 11.5 Å². The molecule has 2 N–H and O–H groups in total. The number of carbonyl (C=O) groups is 1. The number of hydrogen-bond acceptors (Lipinski definition) is 2. The zero-order valence-corrected chi connectivity index (χ0v) is 10.1. The summed E-state index contributed by atoms with van der Waals surface area (Å²) in [5, 5.41) is 12.1. The van der Waals surface area contributed by atoms with E-state index in [-0.39, 0.29) is 0 Å². The molecule has 0 aliphatic carbocycles. The first-order valence-corrected chi connectivity index (χ1v) is 5.58. The third kappa shape index (κ3) is 3.57. The van der Waals surface area contributed by atoms with E-state index in [1.165, 1.54) is 0 Å². The van der Waals surface area contributed by atoms with Crippen molar-refractivity contribution in [2.45, 2.75) is 27.2 Å². The summed E-state index contributed by atoms with van der Waals surface area (Å²) < 4.78 is 0. The van der Waals surface area contributed by atoms with E-state index >= 15 is 0 Å². The molecule has 88 valence electrons. The topological polar surface area (TPSA) is 49.3 Å². The minimum atomic E-state index is -0.878. The first-order chi connectivity index (χ1) is 7.50. The maximum atomic E-state index is 10.7. The Bertz CT molecular complexity index is 372.